The fourth-order valence-electron chi connectivity index (χ4n) is 1.92. The summed E-state index contributed by atoms with van der Waals surface area (Å²) >= 11 is 3.21. The number of rotatable bonds is 4. The highest BCUT2D eigenvalue weighted by molar-refractivity contribution is 9.10. The first-order chi connectivity index (χ1) is 9.47. The van der Waals surface area contributed by atoms with E-state index in [2.05, 4.69) is 21.2 Å². The molecule has 2 rings (SSSR count). The molecule has 0 amide bonds. The molecule has 0 fully saturated rings. The second kappa shape index (κ2) is 6.05. The van der Waals surface area contributed by atoms with E-state index in [1.54, 1.807) is 24.3 Å². The van der Waals surface area contributed by atoms with Gasteiger partial charge in [0.1, 0.15) is 5.82 Å². The topological polar surface area (TPSA) is 49.3 Å². The maximum atomic E-state index is 13.8. The summed E-state index contributed by atoms with van der Waals surface area (Å²) in [4.78, 5) is 10.9. The Morgan fingerprint density at radius 2 is 2.05 bits per heavy atom. The van der Waals surface area contributed by atoms with Crippen LogP contribution < -0.4 is 5.32 Å². The van der Waals surface area contributed by atoms with Crippen LogP contribution in [0.4, 0.5) is 10.1 Å². The monoisotopic (exact) mass is 337 g/mol. The van der Waals surface area contributed by atoms with Gasteiger partial charge in [0.05, 0.1) is 11.6 Å². The Bertz CT molecular complexity index is 646. The smallest absolute Gasteiger partial charge is 0.335 e. The SMILES string of the molecule is CC(Nc1cccc(C(=O)O)c1)c1ccc(Br)cc1F. The van der Waals surface area contributed by atoms with Crippen LogP contribution in [0.25, 0.3) is 0 Å². The Morgan fingerprint density at radius 1 is 1.30 bits per heavy atom. The van der Waals surface area contributed by atoms with Crippen LogP contribution in [0.3, 0.4) is 0 Å². The third-order valence-corrected chi connectivity index (χ3v) is 3.41. The van der Waals surface area contributed by atoms with Crippen molar-refractivity contribution < 1.29 is 14.3 Å². The number of carboxylic acids is 1. The Balaban J connectivity index is 2.21. The van der Waals surface area contributed by atoms with Crippen molar-refractivity contribution >= 4 is 27.6 Å². The summed E-state index contributed by atoms with van der Waals surface area (Å²) in [6, 6.07) is 11.0. The molecule has 0 heterocycles. The molecular formula is C15H13BrFNO2. The molecule has 0 aliphatic rings. The van der Waals surface area contributed by atoms with E-state index in [9.17, 15) is 9.18 Å². The lowest BCUT2D eigenvalue weighted by molar-refractivity contribution is 0.0697. The van der Waals surface area contributed by atoms with Crippen LogP contribution in [-0.4, -0.2) is 11.1 Å². The normalized spacial score (nSPS) is 11.9. The molecule has 0 spiro atoms. The summed E-state index contributed by atoms with van der Waals surface area (Å²) < 4.78 is 14.5. The van der Waals surface area contributed by atoms with Gasteiger partial charge in [0.15, 0.2) is 0 Å². The van der Waals surface area contributed by atoms with Crippen molar-refractivity contribution in [1.29, 1.82) is 0 Å². The van der Waals surface area contributed by atoms with Gasteiger partial charge in [-0.1, -0.05) is 28.1 Å². The summed E-state index contributed by atoms with van der Waals surface area (Å²) in [6.07, 6.45) is 0. The van der Waals surface area contributed by atoms with Gasteiger partial charge in [0.2, 0.25) is 0 Å². The molecule has 2 N–H and O–H groups in total. The number of hydrogen-bond donors (Lipinski definition) is 2. The van der Waals surface area contributed by atoms with E-state index >= 15 is 0 Å². The highest BCUT2D eigenvalue weighted by Crippen LogP contribution is 2.24. The van der Waals surface area contributed by atoms with Gasteiger partial charge in [0, 0.05) is 15.7 Å². The van der Waals surface area contributed by atoms with E-state index in [1.807, 2.05) is 6.92 Å². The van der Waals surface area contributed by atoms with Gasteiger partial charge < -0.3 is 10.4 Å². The predicted molar refractivity (Wildman–Crippen MR) is 79.5 cm³/mol. The average molecular weight is 338 g/mol. The number of nitrogens with one attached hydrogen (secondary N) is 1. The lowest BCUT2D eigenvalue weighted by Gasteiger charge is -2.17. The second-order valence-corrected chi connectivity index (χ2v) is 5.33. The average Bonchev–Trinajstić information content (AvgIpc) is 2.38. The first-order valence-corrected chi connectivity index (χ1v) is 6.81. The Hall–Kier alpha value is -1.88. The summed E-state index contributed by atoms with van der Waals surface area (Å²) in [7, 11) is 0. The third kappa shape index (κ3) is 3.36. The first-order valence-electron chi connectivity index (χ1n) is 6.02. The lowest BCUT2D eigenvalue weighted by atomic mass is 10.1. The van der Waals surface area contributed by atoms with Crippen molar-refractivity contribution in [2.75, 3.05) is 5.32 Å². The van der Waals surface area contributed by atoms with Crippen molar-refractivity contribution in [2.24, 2.45) is 0 Å². The molecule has 5 heteroatoms. The van der Waals surface area contributed by atoms with E-state index in [0.29, 0.717) is 15.7 Å². The maximum Gasteiger partial charge on any atom is 0.335 e. The standard InChI is InChI=1S/C15H13BrFNO2/c1-9(13-6-5-11(16)8-14(13)17)18-12-4-2-3-10(7-12)15(19)20/h2-9,18H,1H3,(H,19,20). The molecule has 0 saturated carbocycles. The number of halogens is 2. The largest absolute Gasteiger partial charge is 0.478 e. The van der Waals surface area contributed by atoms with E-state index in [-0.39, 0.29) is 17.4 Å². The van der Waals surface area contributed by atoms with Gasteiger partial charge in [0.25, 0.3) is 0 Å². The Kier molecular flexibility index (Phi) is 4.39. The van der Waals surface area contributed by atoms with E-state index < -0.39 is 5.97 Å². The van der Waals surface area contributed by atoms with Gasteiger partial charge >= 0.3 is 5.97 Å². The van der Waals surface area contributed by atoms with Gasteiger partial charge in [-0.3, -0.25) is 0 Å². The summed E-state index contributed by atoms with van der Waals surface area (Å²) in [6.45, 7) is 1.82. The molecule has 0 aliphatic carbocycles. The van der Waals surface area contributed by atoms with Crippen LogP contribution in [0, 0.1) is 5.82 Å². The number of carboxylic acid groups (broad SMARTS) is 1. The summed E-state index contributed by atoms with van der Waals surface area (Å²) in [5.41, 5.74) is 1.35. The Morgan fingerprint density at radius 3 is 2.70 bits per heavy atom. The minimum Gasteiger partial charge on any atom is -0.478 e. The fourth-order valence-corrected chi connectivity index (χ4v) is 2.26. The van der Waals surface area contributed by atoms with Crippen molar-refractivity contribution in [3.05, 3.63) is 63.9 Å². The zero-order valence-electron chi connectivity index (χ0n) is 10.7. The number of benzene rings is 2. The molecule has 3 nitrogen and oxygen atoms in total. The van der Waals surface area contributed by atoms with Crippen LogP contribution in [-0.2, 0) is 0 Å². The van der Waals surface area contributed by atoms with Crippen molar-refractivity contribution in [1.82, 2.24) is 0 Å². The summed E-state index contributed by atoms with van der Waals surface area (Å²) in [5.74, 6) is -1.30. The molecule has 2 aromatic carbocycles. The molecule has 104 valence electrons. The number of aromatic carboxylic acids is 1. The highest BCUT2D eigenvalue weighted by atomic mass is 79.9. The zero-order valence-corrected chi connectivity index (χ0v) is 12.3. The number of anilines is 1. The van der Waals surface area contributed by atoms with Crippen molar-refractivity contribution in [3.63, 3.8) is 0 Å². The molecule has 0 bridgehead atoms. The van der Waals surface area contributed by atoms with E-state index in [0.717, 1.165) is 0 Å². The maximum absolute atomic E-state index is 13.8. The second-order valence-electron chi connectivity index (χ2n) is 4.42. The molecule has 0 aliphatic heterocycles. The van der Waals surface area contributed by atoms with Crippen molar-refractivity contribution in [2.45, 2.75) is 13.0 Å². The highest BCUT2D eigenvalue weighted by Gasteiger charge is 2.12. The van der Waals surface area contributed by atoms with Crippen LogP contribution in [0.15, 0.2) is 46.9 Å². The number of carbonyl (C=O) groups is 1. The minimum atomic E-state index is -0.990. The molecule has 2 aromatic rings. The molecule has 0 radical (unpaired) electrons. The minimum absolute atomic E-state index is 0.193. The van der Waals surface area contributed by atoms with Gasteiger partial charge in [-0.15, -0.1) is 0 Å². The Labute approximate surface area is 124 Å². The van der Waals surface area contributed by atoms with Crippen LogP contribution in [0.1, 0.15) is 28.9 Å². The third-order valence-electron chi connectivity index (χ3n) is 2.92. The molecule has 0 saturated heterocycles. The van der Waals surface area contributed by atoms with Crippen molar-refractivity contribution in [3.8, 4) is 0 Å². The van der Waals surface area contributed by atoms with E-state index in [1.165, 1.54) is 18.2 Å². The van der Waals surface area contributed by atoms with Gasteiger partial charge in [-0.25, -0.2) is 9.18 Å². The summed E-state index contributed by atoms with van der Waals surface area (Å²) in [5, 5.41) is 12.0. The molecule has 20 heavy (non-hydrogen) atoms. The van der Waals surface area contributed by atoms with Crippen LogP contribution in [0.5, 0.6) is 0 Å². The fraction of sp³-hybridized carbons (Fsp3) is 0.133. The lowest BCUT2D eigenvalue weighted by Crippen LogP contribution is -2.09. The zero-order chi connectivity index (χ0) is 14.7. The van der Waals surface area contributed by atoms with Gasteiger partial charge in [-0.05, 0) is 37.3 Å². The molecule has 1 atom stereocenters. The number of hydrogen-bond acceptors (Lipinski definition) is 2. The van der Waals surface area contributed by atoms with E-state index in [4.69, 9.17) is 5.11 Å². The van der Waals surface area contributed by atoms with Crippen LogP contribution >= 0.6 is 15.9 Å². The molecule has 1 unspecified atom stereocenters. The van der Waals surface area contributed by atoms with Crippen LogP contribution in [0.2, 0.25) is 0 Å². The predicted octanol–water partition coefficient (Wildman–Crippen LogP) is 4.46. The molecular weight excluding hydrogens is 325 g/mol. The van der Waals surface area contributed by atoms with Gasteiger partial charge in [-0.2, -0.15) is 0 Å². The first kappa shape index (κ1) is 14.5. The molecule has 0 aromatic heterocycles. The quantitative estimate of drug-likeness (QED) is 0.865.